The molecule has 5 heteroatoms. The summed E-state index contributed by atoms with van der Waals surface area (Å²) < 4.78 is 11.8. The molecule has 3 aromatic rings. The zero-order chi connectivity index (χ0) is 22.9. The first-order chi connectivity index (χ1) is 15.4. The van der Waals surface area contributed by atoms with Crippen molar-refractivity contribution in [3.8, 4) is 17.2 Å². The smallest absolute Gasteiger partial charge is 0.255 e. The molecule has 0 radical (unpaired) electrons. The Balaban J connectivity index is 1.60. The fourth-order valence-corrected chi connectivity index (χ4v) is 3.56. The summed E-state index contributed by atoms with van der Waals surface area (Å²) in [6.07, 6.45) is 0. The molecule has 0 aliphatic carbocycles. The van der Waals surface area contributed by atoms with Gasteiger partial charge in [-0.3, -0.25) is 9.69 Å². The van der Waals surface area contributed by atoms with E-state index in [-0.39, 0.29) is 5.91 Å². The van der Waals surface area contributed by atoms with E-state index >= 15 is 0 Å². The maximum Gasteiger partial charge on any atom is 0.255 e. The van der Waals surface area contributed by atoms with E-state index in [2.05, 4.69) is 37.9 Å². The summed E-state index contributed by atoms with van der Waals surface area (Å²) in [7, 11) is 0. The zero-order valence-corrected chi connectivity index (χ0v) is 19.2. The second-order valence-electron chi connectivity index (χ2n) is 8.16. The van der Waals surface area contributed by atoms with Crippen molar-refractivity contribution in [1.82, 2.24) is 4.90 Å². The highest BCUT2D eigenvalue weighted by atomic mass is 16.5. The summed E-state index contributed by atoms with van der Waals surface area (Å²) in [5.41, 5.74) is 1.20. The Kier molecular flexibility index (Phi) is 8.28. The number of carbonyl (C=O) groups is 1. The Hall–Kier alpha value is -3.31. The number of anilines is 1. The van der Waals surface area contributed by atoms with E-state index in [0.717, 1.165) is 12.3 Å². The number of carbonyl (C=O) groups excluding carboxylic acids is 1. The standard InChI is InChI=1S/C27H32N2O3/c1-20(2)29(21(3)4)18-19-31-26-13-9-8-12-25(26)28-27(30)22-14-16-24(17-15-22)32-23-10-6-5-7-11-23/h5-17,20-21H,18-19H2,1-4H3,(H,28,30). The number of amides is 1. The Morgan fingerprint density at radius 2 is 1.41 bits per heavy atom. The van der Waals surface area contributed by atoms with Crippen LogP contribution in [0.4, 0.5) is 5.69 Å². The van der Waals surface area contributed by atoms with Crippen molar-refractivity contribution in [2.24, 2.45) is 0 Å². The predicted molar refractivity (Wildman–Crippen MR) is 130 cm³/mol. The van der Waals surface area contributed by atoms with E-state index in [1.165, 1.54) is 0 Å². The molecule has 0 aliphatic heterocycles. The minimum atomic E-state index is -0.196. The van der Waals surface area contributed by atoms with Gasteiger partial charge >= 0.3 is 0 Å². The first-order valence-corrected chi connectivity index (χ1v) is 11.1. The quantitative estimate of drug-likeness (QED) is 0.413. The van der Waals surface area contributed by atoms with Crippen LogP contribution in [0.1, 0.15) is 38.1 Å². The van der Waals surface area contributed by atoms with Crippen molar-refractivity contribution in [1.29, 1.82) is 0 Å². The average Bonchev–Trinajstić information content (AvgIpc) is 2.78. The molecule has 0 heterocycles. The van der Waals surface area contributed by atoms with E-state index in [0.29, 0.717) is 41.4 Å². The minimum Gasteiger partial charge on any atom is -0.490 e. The number of ether oxygens (including phenoxy) is 2. The fraction of sp³-hybridized carbons (Fsp3) is 0.296. The highest BCUT2D eigenvalue weighted by molar-refractivity contribution is 6.05. The third kappa shape index (κ3) is 6.59. The van der Waals surface area contributed by atoms with E-state index in [1.807, 2.05) is 54.6 Å². The molecule has 0 bridgehead atoms. The lowest BCUT2D eigenvalue weighted by molar-refractivity contribution is 0.102. The van der Waals surface area contributed by atoms with Crippen LogP contribution in [-0.2, 0) is 0 Å². The van der Waals surface area contributed by atoms with Crippen LogP contribution in [0.3, 0.4) is 0 Å². The maximum atomic E-state index is 12.8. The van der Waals surface area contributed by atoms with Gasteiger partial charge in [0.05, 0.1) is 5.69 Å². The van der Waals surface area contributed by atoms with Crippen molar-refractivity contribution in [2.45, 2.75) is 39.8 Å². The fourth-order valence-electron chi connectivity index (χ4n) is 3.56. The van der Waals surface area contributed by atoms with Gasteiger partial charge in [-0.1, -0.05) is 30.3 Å². The van der Waals surface area contributed by atoms with Gasteiger partial charge in [-0.2, -0.15) is 0 Å². The maximum absolute atomic E-state index is 12.8. The summed E-state index contributed by atoms with van der Waals surface area (Å²) in [4.78, 5) is 15.2. The van der Waals surface area contributed by atoms with Crippen molar-refractivity contribution in [2.75, 3.05) is 18.5 Å². The van der Waals surface area contributed by atoms with Gasteiger partial charge in [0.15, 0.2) is 0 Å². The molecule has 0 saturated heterocycles. The van der Waals surface area contributed by atoms with Crippen LogP contribution >= 0.6 is 0 Å². The minimum absolute atomic E-state index is 0.196. The lowest BCUT2D eigenvalue weighted by atomic mass is 10.2. The first-order valence-electron chi connectivity index (χ1n) is 11.1. The molecule has 0 atom stereocenters. The van der Waals surface area contributed by atoms with E-state index in [9.17, 15) is 4.79 Å². The Morgan fingerprint density at radius 1 is 0.812 bits per heavy atom. The SMILES string of the molecule is CC(C)N(CCOc1ccccc1NC(=O)c1ccc(Oc2ccccc2)cc1)C(C)C. The molecule has 3 aromatic carbocycles. The normalized spacial score (nSPS) is 11.1. The largest absolute Gasteiger partial charge is 0.490 e. The van der Waals surface area contributed by atoms with Gasteiger partial charge in [-0.25, -0.2) is 0 Å². The summed E-state index contributed by atoms with van der Waals surface area (Å²) in [5.74, 6) is 1.90. The van der Waals surface area contributed by atoms with Gasteiger partial charge < -0.3 is 14.8 Å². The highest BCUT2D eigenvalue weighted by Gasteiger charge is 2.14. The van der Waals surface area contributed by atoms with Crippen molar-refractivity contribution in [3.63, 3.8) is 0 Å². The van der Waals surface area contributed by atoms with Crippen LogP contribution in [0.15, 0.2) is 78.9 Å². The van der Waals surface area contributed by atoms with Gasteiger partial charge in [0, 0.05) is 24.2 Å². The second-order valence-corrected chi connectivity index (χ2v) is 8.16. The number of rotatable bonds is 10. The molecule has 0 unspecified atom stereocenters. The van der Waals surface area contributed by atoms with Gasteiger partial charge in [0.1, 0.15) is 23.9 Å². The molecular formula is C27H32N2O3. The second kappa shape index (κ2) is 11.3. The molecule has 3 rings (SSSR count). The molecule has 0 spiro atoms. The number of nitrogens with one attached hydrogen (secondary N) is 1. The summed E-state index contributed by atoms with van der Waals surface area (Å²) in [5, 5.41) is 2.96. The third-order valence-corrected chi connectivity index (χ3v) is 5.16. The number of hydrogen-bond acceptors (Lipinski definition) is 4. The topological polar surface area (TPSA) is 50.8 Å². The third-order valence-electron chi connectivity index (χ3n) is 5.16. The van der Waals surface area contributed by atoms with Crippen molar-refractivity contribution < 1.29 is 14.3 Å². The Morgan fingerprint density at radius 3 is 2.06 bits per heavy atom. The summed E-state index contributed by atoms with van der Waals surface area (Å²) in [6, 6.07) is 25.0. The van der Waals surface area contributed by atoms with Crippen molar-refractivity contribution >= 4 is 11.6 Å². The predicted octanol–water partition coefficient (Wildman–Crippen LogP) is 6.23. The Bertz CT molecular complexity index is 977. The number of nitrogens with zero attached hydrogens (tertiary/aromatic N) is 1. The summed E-state index contributed by atoms with van der Waals surface area (Å²) in [6.45, 7) is 10.1. The molecule has 1 N–H and O–H groups in total. The van der Waals surface area contributed by atoms with Crippen LogP contribution in [0.5, 0.6) is 17.2 Å². The molecule has 0 saturated carbocycles. The molecule has 0 aromatic heterocycles. The van der Waals surface area contributed by atoms with Crippen LogP contribution in [0.25, 0.3) is 0 Å². The highest BCUT2D eigenvalue weighted by Crippen LogP contribution is 2.25. The molecule has 168 valence electrons. The number of para-hydroxylation sites is 3. The van der Waals surface area contributed by atoms with Gasteiger partial charge in [0.2, 0.25) is 0 Å². The molecule has 32 heavy (non-hydrogen) atoms. The molecule has 0 aliphatic rings. The van der Waals surface area contributed by atoms with E-state index < -0.39 is 0 Å². The van der Waals surface area contributed by atoms with Gasteiger partial charge in [-0.15, -0.1) is 0 Å². The van der Waals surface area contributed by atoms with Crippen LogP contribution in [0.2, 0.25) is 0 Å². The van der Waals surface area contributed by atoms with Crippen molar-refractivity contribution in [3.05, 3.63) is 84.4 Å². The van der Waals surface area contributed by atoms with Crippen LogP contribution in [-0.4, -0.2) is 36.0 Å². The monoisotopic (exact) mass is 432 g/mol. The average molecular weight is 433 g/mol. The van der Waals surface area contributed by atoms with Crippen LogP contribution in [0, 0.1) is 0 Å². The van der Waals surface area contributed by atoms with E-state index in [1.54, 1.807) is 24.3 Å². The Labute approximate surface area is 191 Å². The van der Waals surface area contributed by atoms with Gasteiger partial charge in [0.25, 0.3) is 5.91 Å². The first kappa shape index (κ1) is 23.4. The number of hydrogen-bond donors (Lipinski definition) is 1. The van der Waals surface area contributed by atoms with Gasteiger partial charge in [-0.05, 0) is 76.2 Å². The molecule has 1 amide bonds. The zero-order valence-electron chi connectivity index (χ0n) is 19.2. The van der Waals surface area contributed by atoms with Crippen LogP contribution < -0.4 is 14.8 Å². The molecule has 5 nitrogen and oxygen atoms in total. The van der Waals surface area contributed by atoms with E-state index in [4.69, 9.17) is 9.47 Å². The lowest BCUT2D eigenvalue weighted by Crippen LogP contribution is -2.39. The number of benzene rings is 3. The molecule has 0 fully saturated rings. The lowest BCUT2D eigenvalue weighted by Gasteiger charge is -2.30. The summed E-state index contributed by atoms with van der Waals surface area (Å²) >= 11 is 0. The molecular weight excluding hydrogens is 400 g/mol.